The Labute approximate surface area is 267 Å². The zero-order chi connectivity index (χ0) is 32.6. The number of aliphatic hydroxyl groups is 2. The fourth-order valence-electron chi connectivity index (χ4n) is 4.93. The largest absolute Gasteiger partial charge is 0.394 e. The van der Waals surface area contributed by atoms with Gasteiger partial charge in [-0.25, -0.2) is 26.3 Å². The molecule has 2 N–H and O–H groups in total. The van der Waals surface area contributed by atoms with Crippen LogP contribution in [-0.4, -0.2) is 110 Å². The van der Waals surface area contributed by atoms with Gasteiger partial charge in [0.2, 0.25) is 5.91 Å². The lowest BCUT2D eigenvalue weighted by Gasteiger charge is -2.43. The lowest BCUT2D eigenvalue weighted by atomic mass is 9.97. The average Bonchev–Trinajstić information content (AvgIpc) is 3.49. The van der Waals surface area contributed by atoms with Crippen LogP contribution < -0.4 is 0 Å². The van der Waals surface area contributed by atoms with E-state index in [1.807, 2.05) is 0 Å². The molecule has 0 aliphatic carbocycles. The predicted octanol–water partition coefficient (Wildman–Crippen LogP) is 1.74. The van der Waals surface area contributed by atoms with Crippen molar-refractivity contribution < 1.29 is 50.3 Å². The summed E-state index contributed by atoms with van der Waals surface area (Å²) < 4.78 is 91.8. The number of amides is 1. The molecular weight excluding hydrogens is 688 g/mol. The fraction of sp³-hybridized carbons (Fsp3) is 0.423. The Kier molecular flexibility index (Phi) is 10.2. The number of hydrogen-bond acceptors (Lipinski definition) is 10. The number of aromatic nitrogens is 3. The monoisotopic (exact) mass is 712 g/mol. The van der Waals surface area contributed by atoms with Gasteiger partial charge in [0, 0.05) is 23.5 Å². The van der Waals surface area contributed by atoms with Crippen molar-refractivity contribution in [2.75, 3.05) is 37.8 Å². The summed E-state index contributed by atoms with van der Waals surface area (Å²) >= 11 is 12.1. The van der Waals surface area contributed by atoms with Crippen molar-refractivity contribution in [1.82, 2.24) is 19.9 Å². The van der Waals surface area contributed by atoms with Gasteiger partial charge >= 0.3 is 0 Å². The van der Waals surface area contributed by atoms with Crippen LogP contribution in [0, 0.1) is 17.5 Å². The van der Waals surface area contributed by atoms with Gasteiger partial charge in [0.05, 0.1) is 45.2 Å². The van der Waals surface area contributed by atoms with E-state index in [9.17, 15) is 40.8 Å². The maximum absolute atomic E-state index is 13.9. The van der Waals surface area contributed by atoms with E-state index in [2.05, 4.69) is 10.3 Å². The van der Waals surface area contributed by atoms with Crippen LogP contribution in [0.1, 0.15) is 6.04 Å². The van der Waals surface area contributed by atoms with Crippen molar-refractivity contribution in [2.45, 2.75) is 34.7 Å². The SMILES string of the molecule is O=C(CO[C@@H]1[C@@H](n2cc(-c3cc(F)c(F)c(F)c3)nn2)[C@@H](O)[C@@H](CO)O[C@@H]1[S@@](=O)c1ccc(Cl)c(Cl)c1)N1CCS(=O)(=O)CC1. The molecule has 2 aromatic carbocycles. The minimum absolute atomic E-state index is 0.0693. The predicted molar refractivity (Wildman–Crippen MR) is 154 cm³/mol. The van der Waals surface area contributed by atoms with E-state index < -0.39 is 87.0 Å². The van der Waals surface area contributed by atoms with E-state index in [1.165, 1.54) is 23.1 Å². The molecule has 2 saturated heterocycles. The molecule has 0 spiro atoms. The lowest BCUT2D eigenvalue weighted by molar-refractivity contribution is -0.196. The van der Waals surface area contributed by atoms with Crippen LogP contribution in [0.3, 0.4) is 0 Å². The number of rotatable bonds is 8. The second-order valence-corrected chi connectivity index (χ2v) is 14.9. The first-order chi connectivity index (χ1) is 21.3. The Morgan fingerprint density at radius 1 is 1.11 bits per heavy atom. The number of ether oxygens (including phenoxy) is 2. The Morgan fingerprint density at radius 2 is 1.78 bits per heavy atom. The summed E-state index contributed by atoms with van der Waals surface area (Å²) in [6.07, 6.45) is -3.27. The molecule has 0 saturated carbocycles. The Morgan fingerprint density at radius 3 is 2.40 bits per heavy atom. The highest BCUT2D eigenvalue weighted by atomic mass is 35.5. The molecule has 12 nitrogen and oxygen atoms in total. The molecule has 1 amide bonds. The number of halogens is 5. The molecule has 0 bridgehead atoms. The first kappa shape index (κ1) is 33.7. The van der Waals surface area contributed by atoms with Crippen molar-refractivity contribution in [3.8, 4) is 11.3 Å². The third-order valence-corrected chi connectivity index (χ3v) is 11.2. The second kappa shape index (κ2) is 13.6. The standard InChI is InChI=1S/C26H25Cl2F3N4O8S2/c27-15-2-1-14(9-16(15)28)44(39)26-25(42-12-21(37)34-3-5-45(40,41)6-4-34)23(24(38)20(11-36)43-26)35-10-19(32-33-35)13-7-17(29)22(31)18(30)8-13/h1-2,7-10,20,23-26,36,38H,3-6,11-12H2/t20-,23+,24+,25-,26-,44+/m1/s1. The number of benzene rings is 2. The van der Waals surface area contributed by atoms with Crippen molar-refractivity contribution in [1.29, 1.82) is 0 Å². The van der Waals surface area contributed by atoms with Crippen LogP contribution in [0.4, 0.5) is 13.2 Å². The van der Waals surface area contributed by atoms with Crippen LogP contribution >= 0.6 is 23.2 Å². The summed E-state index contributed by atoms with van der Waals surface area (Å²) in [6.45, 7) is -1.55. The summed E-state index contributed by atoms with van der Waals surface area (Å²) in [5, 5.41) is 29.3. The molecule has 45 heavy (non-hydrogen) atoms. The zero-order valence-corrected chi connectivity index (χ0v) is 26.1. The first-order valence-electron chi connectivity index (χ1n) is 13.3. The van der Waals surface area contributed by atoms with Gasteiger partial charge in [-0.2, -0.15) is 0 Å². The molecule has 3 aromatic rings. The molecule has 2 aliphatic rings. The number of sulfone groups is 1. The summed E-state index contributed by atoms with van der Waals surface area (Å²) in [6, 6.07) is 4.14. The van der Waals surface area contributed by atoms with Gasteiger partial charge < -0.3 is 24.6 Å². The molecule has 19 heteroatoms. The van der Waals surface area contributed by atoms with E-state index in [1.54, 1.807) is 0 Å². The molecular formula is C26H25Cl2F3N4O8S2. The third-order valence-electron chi connectivity index (χ3n) is 7.35. The highest BCUT2D eigenvalue weighted by molar-refractivity contribution is 7.91. The number of aliphatic hydroxyl groups excluding tert-OH is 2. The summed E-state index contributed by atoms with van der Waals surface area (Å²) in [4.78, 5) is 14.4. The Hall–Kier alpha value is -2.64. The molecule has 0 unspecified atom stereocenters. The van der Waals surface area contributed by atoms with E-state index in [0.29, 0.717) is 12.1 Å². The van der Waals surface area contributed by atoms with Crippen LogP contribution in [0.25, 0.3) is 11.3 Å². The van der Waals surface area contributed by atoms with Crippen LogP contribution in [0.15, 0.2) is 41.4 Å². The highest BCUT2D eigenvalue weighted by Crippen LogP contribution is 2.37. The topological polar surface area (TPSA) is 161 Å². The third kappa shape index (κ3) is 7.20. The van der Waals surface area contributed by atoms with E-state index in [-0.39, 0.29) is 50.8 Å². The van der Waals surface area contributed by atoms with Gasteiger partial charge in [0.15, 0.2) is 32.7 Å². The smallest absolute Gasteiger partial charge is 0.248 e. The van der Waals surface area contributed by atoms with E-state index >= 15 is 0 Å². The summed E-state index contributed by atoms with van der Waals surface area (Å²) in [5.41, 5.74) is -1.81. The summed E-state index contributed by atoms with van der Waals surface area (Å²) in [5.74, 6) is -5.71. The minimum atomic E-state index is -3.29. The molecule has 0 radical (unpaired) electrons. The molecule has 3 heterocycles. The number of nitrogens with zero attached hydrogens (tertiary/aromatic N) is 4. The zero-order valence-electron chi connectivity index (χ0n) is 22.9. The minimum Gasteiger partial charge on any atom is -0.394 e. The Bertz CT molecular complexity index is 1700. The molecule has 6 atom stereocenters. The molecule has 1 aromatic heterocycles. The maximum atomic E-state index is 13.9. The van der Waals surface area contributed by atoms with E-state index in [0.717, 1.165) is 10.9 Å². The van der Waals surface area contributed by atoms with Crippen LogP contribution in [-0.2, 0) is 34.9 Å². The van der Waals surface area contributed by atoms with Gasteiger partial charge in [0.25, 0.3) is 0 Å². The van der Waals surface area contributed by atoms with Gasteiger partial charge in [-0.1, -0.05) is 28.4 Å². The highest BCUT2D eigenvalue weighted by Gasteiger charge is 2.50. The van der Waals surface area contributed by atoms with Gasteiger partial charge in [0.1, 0.15) is 36.7 Å². The van der Waals surface area contributed by atoms with Gasteiger partial charge in [-0.05, 0) is 30.3 Å². The van der Waals surface area contributed by atoms with E-state index in [4.69, 9.17) is 32.7 Å². The van der Waals surface area contributed by atoms with Gasteiger partial charge in [-0.15, -0.1) is 5.10 Å². The first-order valence-corrected chi connectivity index (χ1v) is 17.0. The number of carbonyl (C=O) groups excluding carboxylic acids is 1. The molecule has 5 rings (SSSR count). The van der Waals surface area contributed by atoms with Crippen molar-refractivity contribution >= 4 is 49.7 Å². The van der Waals surface area contributed by atoms with Gasteiger partial charge in [-0.3, -0.25) is 9.00 Å². The van der Waals surface area contributed by atoms with Crippen LogP contribution in [0.2, 0.25) is 10.0 Å². The quantitative estimate of drug-likeness (QED) is 0.329. The Balaban J connectivity index is 1.51. The average molecular weight is 714 g/mol. The number of carbonyl (C=O) groups is 1. The molecule has 244 valence electrons. The van der Waals surface area contributed by atoms with Crippen molar-refractivity contribution in [2.24, 2.45) is 0 Å². The maximum Gasteiger partial charge on any atom is 0.248 e. The van der Waals surface area contributed by atoms with Crippen molar-refractivity contribution in [3.05, 3.63) is 64.0 Å². The van der Waals surface area contributed by atoms with Crippen LogP contribution in [0.5, 0.6) is 0 Å². The normalized spacial score (nSPS) is 25.7. The van der Waals surface area contributed by atoms with Crippen molar-refractivity contribution in [3.63, 3.8) is 0 Å². The molecule has 2 fully saturated rings. The number of hydrogen-bond donors (Lipinski definition) is 2. The fourth-order valence-corrected chi connectivity index (χ4v) is 7.92. The lowest BCUT2D eigenvalue weighted by Crippen LogP contribution is -2.58. The molecule has 2 aliphatic heterocycles. The second-order valence-electron chi connectivity index (χ2n) is 10.2. The summed E-state index contributed by atoms with van der Waals surface area (Å²) in [7, 11) is -5.43.